The molecule has 4 nitrogen and oxygen atoms in total. The average Bonchev–Trinajstić information content (AvgIpc) is 2.07. The molecule has 12 heavy (non-hydrogen) atoms. The van der Waals surface area contributed by atoms with Crippen LogP contribution in [0, 0.1) is 0 Å². The third-order valence-electron chi connectivity index (χ3n) is 1.26. The van der Waals surface area contributed by atoms with Gasteiger partial charge in [-0.2, -0.15) is 0 Å². The van der Waals surface area contributed by atoms with E-state index in [2.05, 4.69) is 0 Å². The number of carbonyl (C=O) groups excluding carboxylic acids is 2. The van der Waals surface area contributed by atoms with E-state index < -0.39 is 0 Å². The van der Waals surface area contributed by atoms with Crippen LogP contribution in [-0.4, -0.2) is 29.9 Å². The highest BCUT2D eigenvalue weighted by Gasteiger charge is 2.13. The molecule has 64 valence electrons. The Balaban J connectivity index is 2.62. The van der Waals surface area contributed by atoms with Crippen LogP contribution in [0.5, 0.6) is 0 Å². The predicted molar refractivity (Wildman–Crippen MR) is 40.3 cm³/mol. The van der Waals surface area contributed by atoms with Gasteiger partial charge in [0.1, 0.15) is 6.61 Å². The Morgan fingerprint density at radius 1 is 1.33 bits per heavy atom. The van der Waals surface area contributed by atoms with Crippen LogP contribution in [0.2, 0.25) is 0 Å². The monoisotopic (exact) mass is 168 g/mol. The number of hydrogen-bond donors (Lipinski definition) is 1. The quantitative estimate of drug-likeness (QED) is 0.582. The molecule has 4 heteroatoms. The van der Waals surface area contributed by atoms with Crippen LogP contribution >= 0.6 is 0 Å². The molecule has 1 N–H and O–H groups in total. The van der Waals surface area contributed by atoms with E-state index in [1.54, 1.807) is 0 Å². The van der Waals surface area contributed by atoms with Crippen LogP contribution in [-0.2, 0) is 14.3 Å². The lowest BCUT2D eigenvalue weighted by Crippen LogP contribution is -2.12. The number of hydrogen-bond acceptors (Lipinski definition) is 4. The fraction of sp³-hybridized carbons (Fsp3) is 0.250. The Hall–Kier alpha value is -1.42. The maximum atomic E-state index is 10.9. The standard InChI is InChI=1S/C8H8O4/c9-3-4-12-8-5-6(10)1-2-7(8)11/h1-2,5,9H,3-4H2. The normalized spacial score (nSPS) is 16.2. The van der Waals surface area contributed by atoms with Crippen molar-refractivity contribution in [2.45, 2.75) is 0 Å². The van der Waals surface area contributed by atoms with Gasteiger partial charge in [0.25, 0.3) is 0 Å². The summed E-state index contributed by atoms with van der Waals surface area (Å²) in [4.78, 5) is 21.7. The second-order valence-electron chi connectivity index (χ2n) is 2.18. The minimum absolute atomic E-state index is 0.00319. The van der Waals surface area contributed by atoms with Gasteiger partial charge in [0.2, 0.25) is 5.78 Å². The number of ether oxygens (including phenoxy) is 1. The van der Waals surface area contributed by atoms with Crippen molar-refractivity contribution in [2.24, 2.45) is 0 Å². The molecule has 0 atom stereocenters. The maximum absolute atomic E-state index is 10.9. The summed E-state index contributed by atoms with van der Waals surface area (Å²) in [6, 6.07) is 0. The third-order valence-corrected chi connectivity index (χ3v) is 1.26. The van der Waals surface area contributed by atoms with E-state index in [4.69, 9.17) is 9.84 Å². The van der Waals surface area contributed by atoms with Crippen molar-refractivity contribution >= 4 is 11.6 Å². The lowest BCUT2D eigenvalue weighted by molar-refractivity contribution is -0.117. The van der Waals surface area contributed by atoms with E-state index >= 15 is 0 Å². The number of aliphatic hydroxyl groups excluding tert-OH is 1. The zero-order valence-electron chi connectivity index (χ0n) is 6.32. The summed E-state index contributed by atoms with van der Waals surface area (Å²) >= 11 is 0. The highest BCUT2D eigenvalue weighted by molar-refractivity contribution is 6.16. The fourth-order valence-electron chi connectivity index (χ4n) is 0.757. The van der Waals surface area contributed by atoms with Gasteiger partial charge >= 0.3 is 0 Å². The van der Waals surface area contributed by atoms with Crippen molar-refractivity contribution < 1.29 is 19.4 Å². The van der Waals surface area contributed by atoms with Crippen LogP contribution in [0.3, 0.4) is 0 Å². The second-order valence-corrected chi connectivity index (χ2v) is 2.18. The van der Waals surface area contributed by atoms with Crippen LogP contribution in [0.4, 0.5) is 0 Å². The van der Waals surface area contributed by atoms with Gasteiger partial charge in [-0.3, -0.25) is 9.59 Å². The van der Waals surface area contributed by atoms with Gasteiger partial charge < -0.3 is 9.84 Å². The molecule has 0 saturated heterocycles. The van der Waals surface area contributed by atoms with E-state index in [0.29, 0.717) is 0 Å². The molecule has 1 rings (SSSR count). The molecule has 0 bridgehead atoms. The minimum atomic E-state index is -0.344. The maximum Gasteiger partial charge on any atom is 0.220 e. The lowest BCUT2D eigenvalue weighted by Gasteiger charge is -2.07. The van der Waals surface area contributed by atoms with E-state index in [1.807, 2.05) is 0 Å². The highest BCUT2D eigenvalue weighted by atomic mass is 16.5. The van der Waals surface area contributed by atoms with E-state index in [1.165, 1.54) is 6.08 Å². The topological polar surface area (TPSA) is 63.6 Å². The van der Waals surface area contributed by atoms with Crippen LogP contribution in [0.25, 0.3) is 0 Å². The number of allylic oxidation sites excluding steroid dienone is 3. The van der Waals surface area contributed by atoms with E-state index in [-0.39, 0.29) is 30.5 Å². The largest absolute Gasteiger partial charge is 0.487 e. The Labute approximate surface area is 69.1 Å². The molecular weight excluding hydrogens is 160 g/mol. The summed E-state index contributed by atoms with van der Waals surface area (Å²) in [6.45, 7) is -0.152. The predicted octanol–water partition coefficient (Wildman–Crippen LogP) is -0.413. The molecule has 0 aromatic rings. The molecule has 0 aromatic carbocycles. The summed E-state index contributed by atoms with van der Waals surface area (Å²) < 4.78 is 4.80. The van der Waals surface area contributed by atoms with Gasteiger partial charge in [-0.25, -0.2) is 0 Å². The molecule has 0 heterocycles. The average molecular weight is 168 g/mol. The molecular formula is C8H8O4. The summed E-state index contributed by atoms with van der Waals surface area (Å²) in [5.41, 5.74) is 0. The first-order valence-corrected chi connectivity index (χ1v) is 3.46. The smallest absolute Gasteiger partial charge is 0.220 e. The number of carbonyl (C=O) groups is 2. The Bertz CT molecular complexity index is 262. The minimum Gasteiger partial charge on any atom is -0.487 e. The summed E-state index contributed by atoms with van der Waals surface area (Å²) in [5.74, 6) is -0.623. The number of ketones is 2. The summed E-state index contributed by atoms with van der Waals surface area (Å²) in [6.07, 6.45) is 3.43. The molecule has 0 spiro atoms. The van der Waals surface area contributed by atoms with Crippen molar-refractivity contribution in [3.8, 4) is 0 Å². The molecule has 0 amide bonds. The first-order chi connectivity index (χ1) is 5.74. The van der Waals surface area contributed by atoms with Crippen LogP contribution in [0.15, 0.2) is 24.0 Å². The SMILES string of the molecule is O=C1C=CC(=O)C(OCCO)=C1. The molecule has 0 fully saturated rings. The Morgan fingerprint density at radius 3 is 2.75 bits per heavy atom. The van der Waals surface area contributed by atoms with Gasteiger partial charge in [0, 0.05) is 6.08 Å². The van der Waals surface area contributed by atoms with Crippen LogP contribution < -0.4 is 0 Å². The summed E-state index contributed by atoms with van der Waals surface area (Å²) in [7, 11) is 0. The third kappa shape index (κ3) is 2.03. The first-order valence-electron chi connectivity index (χ1n) is 3.46. The van der Waals surface area contributed by atoms with Gasteiger partial charge in [-0.05, 0) is 12.2 Å². The van der Waals surface area contributed by atoms with E-state index in [9.17, 15) is 9.59 Å². The second kappa shape index (κ2) is 3.82. The molecule has 0 aromatic heterocycles. The molecule has 0 unspecified atom stereocenters. The van der Waals surface area contributed by atoms with Gasteiger partial charge in [-0.15, -0.1) is 0 Å². The highest BCUT2D eigenvalue weighted by Crippen LogP contribution is 2.05. The van der Waals surface area contributed by atoms with Gasteiger partial charge in [0.05, 0.1) is 6.61 Å². The molecule has 0 aliphatic heterocycles. The fourth-order valence-corrected chi connectivity index (χ4v) is 0.757. The summed E-state index contributed by atoms with van der Waals surface area (Å²) in [5, 5.41) is 8.38. The lowest BCUT2D eigenvalue weighted by atomic mass is 10.1. The first kappa shape index (κ1) is 8.67. The Kier molecular flexibility index (Phi) is 2.76. The zero-order chi connectivity index (χ0) is 8.97. The number of rotatable bonds is 3. The van der Waals surface area contributed by atoms with Crippen molar-refractivity contribution in [3.05, 3.63) is 24.0 Å². The van der Waals surface area contributed by atoms with Gasteiger partial charge in [0.15, 0.2) is 11.5 Å². The molecule has 1 aliphatic carbocycles. The van der Waals surface area contributed by atoms with Crippen molar-refractivity contribution in [1.29, 1.82) is 0 Å². The number of aliphatic hydroxyl groups is 1. The van der Waals surface area contributed by atoms with Gasteiger partial charge in [-0.1, -0.05) is 0 Å². The van der Waals surface area contributed by atoms with Crippen molar-refractivity contribution in [1.82, 2.24) is 0 Å². The molecule has 0 radical (unpaired) electrons. The Morgan fingerprint density at radius 2 is 2.08 bits per heavy atom. The van der Waals surface area contributed by atoms with Crippen LogP contribution in [0.1, 0.15) is 0 Å². The van der Waals surface area contributed by atoms with Crippen molar-refractivity contribution in [3.63, 3.8) is 0 Å². The van der Waals surface area contributed by atoms with E-state index in [0.717, 1.165) is 12.2 Å². The van der Waals surface area contributed by atoms with Crippen molar-refractivity contribution in [2.75, 3.05) is 13.2 Å². The molecule has 1 aliphatic rings. The zero-order valence-corrected chi connectivity index (χ0v) is 6.32. The molecule has 0 saturated carbocycles.